The Kier molecular flexibility index (Phi) is 1.75. The Morgan fingerprint density at radius 2 is 2.22 bits per heavy atom. The molecule has 0 spiro atoms. The van der Waals surface area contributed by atoms with Gasteiger partial charge in [-0.1, -0.05) is 0 Å². The molecule has 0 radical (unpaired) electrons. The van der Waals surface area contributed by atoms with Crippen LogP contribution in [0.3, 0.4) is 0 Å². The van der Waals surface area contributed by atoms with E-state index in [1.54, 1.807) is 12.2 Å². The molecule has 1 aliphatic rings. The number of hydroxylamine groups is 2. The predicted octanol–water partition coefficient (Wildman–Crippen LogP) is -0.0291. The van der Waals surface area contributed by atoms with Crippen molar-refractivity contribution in [1.29, 1.82) is 0 Å². The van der Waals surface area contributed by atoms with E-state index in [-0.39, 0.29) is 5.54 Å². The highest BCUT2D eigenvalue weighted by Crippen LogP contribution is 2.32. The molecule has 0 aromatic carbocycles. The average Bonchev–Trinajstić information content (AvgIpc) is 2.48. The van der Waals surface area contributed by atoms with Crippen LogP contribution in [0.1, 0.15) is 12.8 Å². The summed E-state index contributed by atoms with van der Waals surface area (Å²) >= 11 is 0. The molecule has 1 saturated carbocycles. The molecule has 0 saturated heterocycles. The summed E-state index contributed by atoms with van der Waals surface area (Å²) in [7, 11) is 3.55. The second kappa shape index (κ2) is 2.25. The third-order valence-corrected chi connectivity index (χ3v) is 1.74. The predicted molar refractivity (Wildman–Crippen MR) is 35.8 cm³/mol. The van der Waals surface area contributed by atoms with Crippen LogP contribution in [0, 0.1) is 0 Å². The van der Waals surface area contributed by atoms with Gasteiger partial charge in [-0.25, -0.2) is 0 Å². The Labute approximate surface area is 55.7 Å². The number of hydrogen-bond donors (Lipinski definition) is 1. The van der Waals surface area contributed by atoms with Gasteiger partial charge in [0, 0.05) is 19.1 Å². The summed E-state index contributed by atoms with van der Waals surface area (Å²) in [4.78, 5) is 4.92. The highest BCUT2D eigenvalue weighted by Gasteiger charge is 2.39. The van der Waals surface area contributed by atoms with Crippen LogP contribution in [0.5, 0.6) is 0 Å². The summed E-state index contributed by atoms with van der Waals surface area (Å²) in [6, 6.07) is 0. The minimum absolute atomic E-state index is 0.0742. The Bertz CT molecular complexity index is 101. The molecule has 1 rings (SSSR count). The van der Waals surface area contributed by atoms with Crippen molar-refractivity contribution in [3.05, 3.63) is 0 Å². The molecule has 0 heterocycles. The Hall–Kier alpha value is -0.120. The lowest BCUT2D eigenvalue weighted by Crippen LogP contribution is -2.36. The van der Waals surface area contributed by atoms with Gasteiger partial charge in [-0.15, -0.1) is 0 Å². The Morgan fingerprint density at radius 3 is 2.56 bits per heavy atom. The highest BCUT2D eigenvalue weighted by molar-refractivity contribution is 4.99. The zero-order chi connectivity index (χ0) is 6.91. The van der Waals surface area contributed by atoms with Crippen LogP contribution in [0.25, 0.3) is 0 Å². The quantitative estimate of drug-likeness (QED) is 0.545. The number of rotatable bonds is 3. The van der Waals surface area contributed by atoms with Crippen LogP contribution in [0.4, 0.5) is 0 Å². The molecule has 2 N–H and O–H groups in total. The molecule has 0 aromatic heterocycles. The van der Waals surface area contributed by atoms with Crippen molar-refractivity contribution in [1.82, 2.24) is 5.06 Å². The topological polar surface area (TPSA) is 38.5 Å². The smallest absolute Gasteiger partial charge is 0.0575 e. The van der Waals surface area contributed by atoms with E-state index in [4.69, 9.17) is 10.6 Å². The molecular formula is C6H14N2O. The first-order chi connectivity index (χ1) is 4.16. The van der Waals surface area contributed by atoms with Crippen molar-refractivity contribution in [2.75, 3.05) is 20.7 Å². The first-order valence-corrected chi connectivity index (χ1v) is 3.20. The van der Waals surface area contributed by atoms with Gasteiger partial charge in [0.1, 0.15) is 0 Å². The van der Waals surface area contributed by atoms with E-state index < -0.39 is 0 Å². The largest absolute Gasteiger partial charge is 0.324 e. The average molecular weight is 130 g/mol. The van der Waals surface area contributed by atoms with Gasteiger partial charge in [0.25, 0.3) is 0 Å². The molecule has 0 unspecified atom stereocenters. The number of nitrogens with zero attached hydrogens (tertiary/aromatic N) is 1. The summed E-state index contributed by atoms with van der Waals surface area (Å²) < 4.78 is 0. The normalized spacial score (nSPS) is 22.7. The second-order valence-electron chi connectivity index (χ2n) is 2.83. The van der Waals surface area contributed by atoms with Gasteiger partial charge in [0.15, 0.2) is 0 Å². The summed E-state index contributed by atoms with van der Waals surface area (Å²) in [5, 5.41) is 1.77. The first kappa shape index (κ1) is 6.99. The van der Waals surface area contributed by atoms with Gasteiger partial charge in [-0.2, -0.15) is 5.06 Å². The van der Waals surface area contributed by atoms with E-state index in [1.807, 2.05) is 7.05 Å². The molecule has 1 aliphatic carbocycles. The highest BCUT2D eigenvalue weighted by atomic mass is 16.7. The van der Waals surface area contributed by atoms with E-state index in [2.05, 4.69) is 0 Å². The molecule has 0 aliphatic heterocycles. The SMILES string of the molecule is CON(C)CC1(N)CC1. The van der Waals surface area contributed by atoms with Crippen LogP contribution >= 0.6 is 0 Å². The summed E-state index contributed by atoms with van der Waals surface area (Å²) in [6.45, 7) is 0.851. The maximum absolute atomic E-state index is 5.80. The lowest BCUT2D eigenvalue weighted by Gasteiger charge is -2.17. The van der Waals surface area contributed by atoms with E-state index in [1.165, 1.54) is 0 Å². The third-order valence-electron chi connectivity index (χ3n) is 1.74. The van der Waals surface area contributed by atoms with Gasteiger partial charge >= 0.3 is 0 Å². The molecule has 3 nitrogen and oxygen atoms in total. The van der Waals surface area contributed by atoms with Crippen molar-refractivity contribution >= 4 is 0 Å². The van der Waals surface area contributed by atoms with E-state index in [0.717, 1.165) is 19.4 Å². The Balaban J connectivity index is 2.17. The van der Waals surface area contributed by atoms with Crippen molar-refractivity contribution in [2.45, 2.75) is 18.4 Å². The van der Waals surface area contributed by atoms with Crippen LogP contribution in [-0.4, -0.2) is 31.3 Å². The van der Waals surface area contributed by atoms with Crippen molar-refractivity contribution in [3.63, 3.8) is 0 Å². The van der Waals surface area contributed by atoms with Crippen molar-refractivity contribution in [3.8, 4) is 0 Å². The van der Waals surface area contributed by atoms with Crippen LogP contribution in [-0.2, 0) is 4.84 Å². The summed E-state index contributed by atoms with van der Waals surface area (Å²) in [5.41, 5.74) is 5.88. The van der Waals surface area contributed by atoms with E-state index in [0.29, 0.717) is 0 Å². The number of nitrogens with two attached hydrogens (primary N) is 1. The molecule has 9 heavy (non-hydrogen) atoms. The standard InChI is InChI=1S/C6H14N2O/c1-8(9-2)5-6(7)3-4-6/h3-5,7H2,1-2H3. The van der Waals surface area contributed by atoms with Crippen LogP contribution in [0.2, 0.25) is 0 Å². The van der Waals surface area contributed by atoms with E-state index >= 15 is 0 Å². The molecule has 54 valence electrons. The number of likely N-dealkylation sites (N-methyl/N-ethyl adjacent to an activating group) is 1. The van der Waals surface area contributed by atoms with E-state index in [9.17, 15) is 0 Å². The maximum atomic E-state index is 5.80. The summed E-state index contributed by atoms with van der Waals surface area (Å²) in [6.07, 6.45) is 2.28. The van der Waals surface area contributed by atoms with Gasteiger partial charge < -0.3 is 10.6 Å². The lowest BCUT2D eigenvalue weighted by molar-refractivity contribution is -0.113. The third kappa shape index (κ3) is 1.93. The lowest BCUT2D eigenvalue weighted by atomic mass is 10.3. The van der Waals surface area contributed by atoms with Gasteiger partial charge in [-0.3, -0.25) is 0 Å². The Morgan fingerprint density at radius 1 is 1.67 bits per heavy atom. The summed E-state index contributed by atoms with van der Waals surface area (Å²) in [5.74, 6) is 0. The van der Waals surface area contributed by atoms with Gasteiger partial charge in [0.2, 0.25) is 0 Å². The van der Waals surface area contributed by atoms with Gasteiger partial charge in [-0.05, 0) is 12.8 Å². The van der Waals surface area contributed by atoms with Crippen LogP contribution in [0.15, 0.2) is 0 Å². The zero-order valence-corrected chi connectivity index (χ0v) is 6.05. The molecule has 1 fully saturated rings. The fourth-order valence-electron chi connectivity index (χ4n) is 0.827. The molecule has 0 amide bonds. The second-order valence-corrected chi connectivity index (χ2v) is 2.83. The molecule has 0 aromatic rings. The fourth-order valence-corrected chi connectivity index (χ4v) is 0.827. The number of hydrogen-bond acceptors (Lipinski definition) is 3. The fraction of sp³-hybridized carbons (Fsp3) is 1.00. The van der Waals surface area contributed by atoms with Crippen molar-refractivity contribution in [2.24, 2.45) is 5.73 Å². The molecular weight excluding hydrogens is 116 g/mol. The van der Waals surface area contributed by atoms with Gasteiger partial charge in [0.05, 0.1) is 7.11 Å². The first-order valence-electron chi connectivity index (χ1n) is 3.20. The zero-order valence-electron chi connectivity index (χ0n) is 6.05. The monoisotopic (exact) mass is 130 g/mol. The minimum atomic E-state index is 0.0742. The molecule has 3 heteroatoms. The minimum Gasteiger partial charge on any atom is -0.324 e. The maximum Gasteiger partial charge on any atom is 0.0575 e. The molecule has 0 bridgehead atoms. The van der Waals surface area contributed by atoms with Crippen LogP contribution < -0.4 is 5.73 Å². The van der Waals surface area contributed by atoms with Crippen molar-refractivity contribution < 1.29 is 4.84 Å². The molecule has 0 atom stereocenters.